The molecule has 1 fully saturated rings. The zero-order valence-electron chi connectivity index (χ0n) is 9.72. The van der Waals surface area contributed by atoms with Crippen molar-refractivity contribution in [3.63, 3.8) is 0 Å². The smallest absolute Gasteiger partial charge is 0.0457 e. The molecule has 1 saturated heterocycles. The van der Waals surface area contributed by atoms with Gasteiger partial charge >= 0.3 is 0 Å². The first-order valence-electron chi connectivity index (χ1n) is 6.19. The summed E-state index contributed by atoms with van der Waals surface area (Å²) in [4.78, 5) is 3.39. The van der Waals surface area contributed by atoms with Crippen LogP contribution >= 0.6 is 0 Å². The molecular formula is C14H18N2. The van der Waals surface area contributed by atoms with Crippen LogP contribution in [0.3, 0.4) is 0 Å². The van der Waals surface area contributed by atoms with Crippen molar-refractivity contribution in [1.82, 2.24) is 10.3 Å². The molecule has 84 valence electrons. The summed E-state index contributed by atoms with van der Waals surface area (Å²) in [6.45, 7) is 4.50. The minimum Gasteiger partial charge on any atom is -0.361 e. The largest absolute Gasteiger partial charge is 0.361 e. The van der Waals surface area contributed by atoms with E-state index in [-0.39, 0.29) is 0 Å². The van der Waals surface area contributed by atoms with E-state index in [0.29, 0.717) is 5.92 Å². The molecule has 1 unspecified atom stereocenters. The Morgan fingerprint density at radius 3 is 3.06 bits per heavy atom. The number of benzene rings is 1. The van der Waals surface area contributed by atoms with Crippen LogP contribution in [0.4, 0.5) is 0 Å². The predicted molar refractivity (Wildman–Crippen MR) is 67.9 cm³/mol. The van der Waals surface area contributed by atoms with Gasteiger partial charge in [0, 0.05) is 23.6 Å². The third-order valence-corrected chi connectivity index (χ3v) is 3.69. The lowest BCUT2D eigenvalue weighted by Gasteiger charge is -2.07. The summed E-state index contributed by atoms with van der Waals surface area (Å²) in [6.07, 6.45) is 4.58. The Labute approximate surface area is 96.1 Å². The molecule has 0 radical (unpaired) electrons. The summed E-state index contributed by atoms with van der Waals surface area (Å²) in [6, 6.07) is 6.77. The second-order valence-electron chi connectivity index (χ2n) is 4.67. The van der Waals surface area contributed by atoms with Gasteiger partial charge in [-0.1, -0.05) is 13.0 Å². The summed E-state index contributed by atoms with van der Waals surface area (Å²) in [7, 11) is 0. The van der Waals surface area contributed by atoms with Gasteiger partial charge in [-0.3, -0.25) is 0 Å². The monoisotopic (exact) mass is 214 g/mol. The number of nitrogens with one attached hydrogen (secondary N) is 2. The molecule has 1 aliphatic rings. The Hall–Kier alpha value is -1.28. The van der Waals surface area contributed by atoms with Gasteiger partial charge in [0.05, 0.1) is 0 Å². The number of rotatable bonds is 2. The molecule has 2 heterocycles. The molecule has 0 amide bonds. The van der Waals surface area contributed by atoms with Crippen LogP contribution in [0.25, 0.3) is 10.9 Å². The fourth-order valence-corrected chi connectivity index (χ4v) is 2.67. The normalized spacial score (nSPS) is 20.7. The number of H-pyrrole nitrogens is 1. The average Bonchev–Trinajstić information content (AvgIpc) is 2.96. The van der Waals surface area contributed by atoms with Crippen molar-refractivity contribution in [3.8, 4) is 0 Å². The fourth-order valence-electron chi connectivity index (χ4n) is 2.67. The van der Waals surface area contributed by atoms with Crippen LogP contribution in [0.1, 0.15) is 30.4 Å². The molecule has 16 heavy (non-hydrogen) atoms. The highest BCUT2D eigenvalue weighted by Crippen LogP contribution is 2.30. The number of aromatic amines is 1. The summed E-state index contributed by atoms with van der Waals surface area (Å²) in [5.41, 5.74) is 4.20. The van der Waals surface area contributed by atoms with Gasteiger partial charge < -0.3 is 10.3 Å². The third kappa shape index (κ3) is 1.54. The topological polar surface area (TPSA) is 27.8 Å². The molecule has 0 saturated carbocycles. The van der Waals surface area contributed by atoms with Crippen LogP contribution in [-0.2, 0) is 6.42 Å². The zero-order valence-corrected chi connectivity index (χ0v) is 9.72. The number of fused-ring (bicyclic) bond motifs is 1. The van der Waals surface area contributed by atoms with Gasteiger partial charge in [-0.05, 0) is 48.6 Å². The molecule has 0 spiro atoms. The van der Waals surface area contributed by atoms with Crippen molar-refractivity contribution in [2.45, 2.75) is 25.7 Å². The Bertz CT molecular complexity index is 492. The maximum atomic E-state index is 3.44. The molecule has 1 aliphatic heterocycles. The van der Waals surface area contributed by atoms with Crippen LogP contribution in [0.15, 0.2) is 24.4 Å². The van der Waals surface area contributed by atoms with E-state index in [1.54, 1.807) is 0 Å². The van der Waals surface area contributed by atoms with Gasteiger partial charge in [0.2, 0.25) is 0 Å². The molecule has 1 atom stereocenters. The van der Waals surface area contributed by atoms with Crippen LogP contribution in [0, 0.1) is 0 Å². The average molecular weight is 214 g/mol. The molecule has 2 N–H and O–H groups in total. The Kier molecular flexibility index (Phi) is 2.44. The first-order valence-corrected chi connectivity index (χ1v) is 6.19. The number of hydrogen-bond donors (Lipinski definition) is 2. The summed E-state index contributed by atoms with van der Waals surface area (Å²) in [5.74, 6) is 0.695. The van der Waals surface area contributed by atoms with Crippen molar-refractivity contribution in [2.75, 3.05) is 13.1 Å². The molecule has 0 aliphatic carbocycles. The maximum Gasteiger partial charge on any atom is 0.0457 e. The van der Waals surface area contributed by atoms with E-state index in [4.69, 9.17) is 0 Å². The molecule has 3 rings (SSSR count). The zero-order chi connectivity index (χ0) is 11.0. The maximum absolute atomic E-state index is 3.44. The molecule has 1 aromatic carbocycles. The number of aryl methyl sites for hydroxylation is 1. The number of aromatic nitrogens is 1. The summed E-state index contributed by atoms with van der Waals surface area (Å²) < 4.78 is 0. The molecular weight excluding hydrogens is 196 g/mol. The highest BCUT2D eigenvalue weighted by molar-refractivity contribution is 5.84. The second kappa shape index (κ2) is 3.95. The van der Waals surface area contributed by atoms with E-state index in [9.17, 15) is 0 Å². The minimum atomic E-state index is 0.695. The lowest BCUT2D eigenvalue weighted by atomic mass is 9.97. The van der Waals surface area contributed by atoms with E-state index in [2.05, 4.69) is 41.6 Å². The standard InChI is InChI=1S/C14H18N2/c1-2-10-3-4-14-12(7-10)13(9-16-14)11-5-6-15-8-11/h3-4,7,9,11,15-16H,2,5-6,8H2,1H3. The van der Waals surface area contributed by atoms with Crippen LogP contribution in [0.2, 0.25) is 0 Å². The van der Waals surface area contributed by atoms with E-state index >= 15 is 0 Å². The molecule has 2 heteroatoms. The van der Waals surface area contributed by atoms with E-state index in [1.807, 2.05) is 0 Å². The van der Waals surface area contributed by atoms with Gasteiger partial charge in [0.1, 0.15) is 0 Å². The predicted octanol–water partition coefficient (Wildman–Crippen LogP) is 2.81. The SMILES string of the molecule is CCc1ccc2[nH]cc(C3CCNC3)c2c1. The number of hydrogen-bond acceptors (Lipinski definition) is 1. The van der Waals surface area contributed by atoms with E-state index in [1.165, 1.54) is 28.5 Å². The van der Waals surface area contributed by atoms with Crippen molar-refractivity contribution in [1.29, 1.82) is 0 Å². The van der Waals surface area contributed by atoms with Crippen molar-refractivity contribution >= 4 is 10.9 Å². The van der Waals surface area contributed by atoms with Gasteiger partial charge in [0.15, 0.2) is 0 Å². The second-order valence-corrected chi connectivity index (χ2v) is 4.67. The Morgan fingerprint density at radius 2 is 2.31 bits per heavy atom. The Morgan fingerprint density at radius 1 is 1.38 bits per heavy atom. The van der Waals surface area contributed by atoms with Gasteiger partial charge in [0.25, 0.3) is 0 Å². The lowest BCUT2D eigenvalue weighted by Crippen LogP contribution is -2.07. The highest BCUT2D eigenvalue weighted by Gasteiger charge is 2.19. The van der Waals surface area contributed by atoms with E-state index in [0.717, 1.165) is 19.5 Å². The highest BCUT2D eigenvalue weighted by atomic mass is 14.9. The summed E-state index contributed by atoms with van der Waals surface area (Å²) in [5, 5.41) is 4.86. The van der Waals surface area contributed by atoms with E-state index < -0.39 is 0 Å². The van der Waals surface area contributed by atoms with Crippen LogP contribution in [-0.4, -0.2) is 18.1 Å². The van der Waals surface area contributed by atoms with Gasteiger partial charge in [-0.2, -0.15) is 0 Å². The molecule has 2 nitrogen and oxygen atoms in total. The van der Waals surface area contributed by atoms with Crippen molar-refractivity contribution in [2.24, 2.45) is 0 Å². The van der Waals surface area contributed by atoms with Crippen molar-refractivity contribution in [3.05, 3.63) is 35.5 Å². The minimum absolute atomic E-state index is 0.695. The van der Waals surface area contributed by atoms with Crippen LogP contribution in [0.5, 0.6) is 0 Å². The first kappa shape index (κ1) is 9.91. The quantitative estimate of drug-likeness (QED) is 0.790. The van der Waals surface area contributed by atoms with Crippen molar-refractivity contribution < 1.29 is 0 Å². The lowest BCUT2D eigenvalue weighted by molar-refractivity contribution is 0.769. The molecule has 1 aromatic heterocycles. The molecule has 2 aromatic rings. The Balaban J connectivity index is 2.09. The molecule has 0 bridgehead atoms. The summed E-state index contributed by atoms with van der Waals surface area (Å²) >= 11 is 0. The fraction of sp³-hybridized carbons (Fsp3) is 0.429. The van der Waals surface area contributed by atoms with Gasteiger partial charge in [-0.15, -0.1) is 0 Å². The first-order chi connectivity index (χ1) is 7.88. The third-order valence-electron chi connectivity index (χ3n) is 3.69. The van der Waals surface area contributed by atoms with Crippen LogP contribution < -0.4 is 5.32 Å². The van der Waals surface area contributed by atoms with Gasteiger partial charge in [-0.25, -0.2) is 0 Å².